The molecular weight excluding hydrogens is 458 g/mol. The van der Waals surface area contributed by atoms with Crippen LogP contribution in [0.1, 0.15) is 34.3 Å². The van der Waals surface area contributed by atoms with Gasteiger partial charge in [-0.15, -0.1) is 11.3 Å². The summed E-state index contributed by atoms with van der Waals surface area (Å²) < 4.78 is 5.42. The summed E-state index contributed by atoms with van der Waals surface area (Å²) in [7, 11) is 0. The second-order valence-electron chi connectivity index (χ2n) is 8.79. The van der Waals surface area contributed by atoms with Gasteiger partial charge in [0.15, 0.2) is 0 Å². The van der Waals surface area contributed by atoms with Gasteiger partial charge in [-0.05, 0) is 42.5 Å². The van der Waals surface area contributed by atoms with Gasteiger partial charge < -0.3 is 19.9 Å². The second kappa shape index (κ2) is 10.5. The van der Waals surface area contributed by atoms with Crippen LogP contribution in [0.25, 0.3) is 21.3 Å². The van der Waals surface area contributed by atoms with E-state index in [-0.39, 0.29) is 11.8 Å². The van der Waals surface area contributed by atoms with Gasteiger partial charge in [0.25, 0.3) is 5.91 Å². The number of H-pyrrole nitrogens is 1. The zero-order valence-corrected chi connectivity index (χ0v) is 20.6. The molecule has 1 saturated heterocycles. The van der Waals surface area contributed by atoms with Gasteiger partial charge >= 0.3 is 0 Å². The number of hydrogen-bond donors (Lipinski definition) is 2. The molecular formula is C28H29N3O3S. The van der Waals surface area contributed by atoms with E-state index in [0.717, 1.165) is 34.4 Å². The van der Waals surface area contributed by atoms with Crippen molar-refractivity contribution in [3.8, 4) is 10.4 Å². The first-order valence-electron chi connectivity index (χ1n) is 12.0. The van der Waals surface area contributed by atoms with Crippen molar-refractivity contribution in [1.29, 1.82) is 0 Å². The molecule has 180 valence electrons. The zero-order chi connectivity index (χ0) is 24.2. The Bertz CT molecular complexity index is 1340. The van der Waals surface area contributed by atoms with Crippen LogP contribution in [0.5, 0.6) is 0 Å². The number of nitrogens with zero attached hydrogens (tertiary/aromatic N) is 1. The summed E-state index contributed by atoms with van der Waals surface area (Å²) in [5, 5.41) is 4.91. The molecule has 0 atom stereocenters. The van der Waals surface area contributed by atoms with Crippen LogP contribution >= 0.6 is 11.3 Å². The summed E-state index contributed by atoms with van der Waals surface area (Å²) in [4.78, 5) is 32.6. The number of ether oxygens (including phenoxy) is 1. The topological polar surface area (TPSA) is 74.4 Å². The fraction of sp³-hybridized carbons (Fsp3) is 0.286. The molecule has 1 fully saturated rings. The lowest BCUT2D eigenvalue weighted by molar-refractivity contribution is -0.116. The van der Waals surface area contributed by atoms with Crippen LogP contribution in [0.3, 0.4) is 0 Å². The predicted octanol–water partition coefficient (Wildman–Crippen LogP) is 5.64. The summed E-state index contributed by atoms with van der Waals surface area (Å²) >= 11 is 1.48. The lowest BCUT2D eigenvalue weighted by Gasteiger charge is -2.27. The molecule has 2 aromatic carbocycles. The number of fused-ring (bicyclic) bond motifs is 1. The van der Waals surface area contributed by atoms with Crippen LogP contribution in [0.4, 0.5) is 5.00 Å². The molecule has 1 aliphatic rings. The molecule has 2 aromatic heterocycles. The standard InChI is InChI=1S/C28H29N3O3S/c1-19-25(28(33)31-14-16-34-17-15-31)27(35-26(19)20-8-3-2-4-9-20)30-24(32)13-7-10-21-18-29-23-12-6-5-11-22(21)23/h2-6,8-9,11-12,18,29H,7,10,13-17H2,1H3,(H,30,32). The Balaban J connectivity index is 1.33. The summed E-state index contributed by atoms with van der Waals surface area (Å²) in [6.07, 6.45) is 3.96. The Hall–Kier alpha value is -3.42. The molecule has 0 spiro atoms. The fourth-order valence-corrected chi connectivity index (χ4v) is 5.84. The first-order chi connectivity index (χ1) is 17.1. The number of anilines is 1. The molecule has 2 N–H and O–H groups in total. The quantitative estimate of drug-likeness (QED) is 0.354. The van der Waals surface area contributed by atoms with Crippen molar-refractivity contribution in [3.63, 3.8) is 0 Å². The number of aromatic nitrogens is 1. The Morgan fingerprint density at radius 3 is 2.60 bits per heavy atom. The summed E-state index contributed by atoms with van der Waals surface area (Å²) in [6, 6.07) is 18.2. The Morgan fingerprint density at radius 2 is 1.80 bits per heavy atom. The van der Waals surface area contributed by atoms with E-state index in [1.807, 2.05) is 60.5 Å². The van der Waals surface area contributed by atoms with E-state index in [2.05, 4.69) is 22.4 Å². The number of para-hydroxylation sites is 1. The van der Waals surface area contributed by atoms with Gasteiger partial charge in [0.05, 0.1) is 18.8 Å². The van der Waals surface area contributed by atoms with Crippen molar-refractivity contribution in [1.82, 2.24) is 9.88 Å². The van der Waals surface area contributed by atoms with Crippen LogP contribution < -0.4 is 5.32 Å². The predicted molar refractivity (Wildman–Crippen MR) is 141 cm³/mol. The molecule has 6 nitrogen and oxygen atoms in total. The molecule has 0 saturated carbocycles. The zero-order valence-electron chi connectivity index (χ0n) is 19.8. The lowest BCUT2D eigenvalue weighted by Crippen LogP contribution is -2.41. The van der Waals surface area contributed by atoms with E-state index in [1.165, 1.54) is 22.3 Å². The number of thiophene rings is 1. The van der Waals surface area contributed by atoms with Gasteiger partial charge in [0, 0.05) is 41.5 Å². The molecule has 35 heavy (non-hydrogen) atoms. The highest BCUT2D eigenvalue weighted by Crippen LogP contribution is 2.40. The molecule has 0 aliphatic carbocycles. The number of aryl methyl sites for hydroxylation is 1. The van der Waals surface area contributed by atoms with Crippen molar-refractivity contribution in [2.24, 2.45) is 0 Å². The Morgan fingerprint density at radius 1 is 1.06 bits per heavy atom. The molecule has 1 aliphatic heterocycles. The minimum atomic E-state index is -0.0678. The minimum absolute atomic E-state index is 0.0432. The SMILES string of the molecule is Cc1c(-c2ccccc2)sc(NC(=O)CCCc2c[nH]c3ccccc23)c1C(=O)N1CCOCC1. The number of aromatic amines is 1. The largest absolute Gasteiger partial charge is 0.378 e. The minimum Gasteiger partial charge on any atom is -0.378 e. The van der Waals surface area contributed by atoms with Crippen LogP contribution in [0.15, 0.2) is 60.8 Å². The average molecular weight is 488 g/mol. The third-order valence-corrected chi connectivity index (χ3v) is 7.73. The molecule has 7 heteroatoms. The van der Waals surface area contributed by atoms with Crippen LogP contribution in [-0.4, -0.2) is 48.0 Å². The summed E-state index contributed by atoms with van der Waals surface area (Å²) in [5.41, 5.74) is 4.88. The van der Waals surface area contributed by atoms with E-state index in [1.54, 1.807) is 0 Å². The van der Waals surface area contributed by atoms with Crippen molar-refractivity contribution >= 4 is 39.1 Å². The highest BCUT2D eigenvalue weighted by Gasteiger charge is 2.27. The number of amides is 2. The number of hydrogen-bond acceptors (Lipinski definition) is 4. The molecule has 0 radical (unpaired) electrons. The van der Waals surface area contributed by atoms with Gasteiger partial charge in [-0.3, -0.25) is 9.59 Å². The molecule has 2 amide bonds. The maximum Gasteiger partial charge on any atom is 0.257 e. The second-order valence-corrected chi connectivity index (χ2v) is 9.81. The Labute approximate surface area is 208 Å². The van der Waals surface area contributed by atoms with Crippen molar-refractivity contribution in [3.05, 3.63) is 77.5 Å². The van der Waals surface area contributed by atoms with Gasteiger partial charge in [-0.2, -0.15) is 0 Å². The van der Waals surface area contributed by atoms with Crippen molar-refractivity contribution < 1.29 is 14.3 Å². The van der Waals surface area contributed by atoms with Gasteiger partial charge in [0.2, 0.25) is 5.91 Å². The number of nitrogens with one attached hydrogen (secondary N) is 2. The number of benzene rings is 2. The van der Waals surface area contributed by atoms with Crippen molar-refractivity contribution in [2.75, 3.05) is 31.6 Å². The number of rotatable bonds is 7. The highest BCUT2D eigenvalue weighted by molar-refractivity contribution is 7.20. The van der Waals surface area contributed by atoms with Gasteiger partial charge in [0.1, 0.15) is 5.00 Å². The smallest absolute Gasteiger partial charge is 0.257 e. The number of carbonyl (C=O) groups is 2. The first kappa shape index (κ1) is 23.3. The highest BCUT2D eigenvalue weighted by atomic mass is 32.1. The summed E-state index contributed by atoms with van der Waals surface area (Å²) in [6.45, 7) is 4.17. The summed E-state index contributed by atoms with van der Waals surface area (Å²) in [5.74, 6) is -0.111. The van der Waals surface area contributed by atoms with E-state index >= 15 is 0 Å². The maximum atomic E-state index is 13.5. The van der Waals surface area contributed by atoms with E-state index in [9.17, 15) is 9.59 Å². The lowest BCUT2D eigenvalue weighted by atomic mass is 10.1. The normalized spacial score (nSPS) is 13.8. The molecule has 0 unspecified atom stereocenters. The number of carbonyl (C=O) groups excluding carboxylic acids is 2. The Kier molecular flexibility index (Phi) is 6.97. The van der Waals surface area contributed by atoms with Crippen LogP contribution in [0.2, 0.25) is 0 Å². The van der Waals surface area contributed by atoms with E-state index < -0.39 is 0 Å². The number of morpholine rings is 1. The van der Waals surface area contributed by atoms with Crippen molar-refractivity contribution in [2.45, 2.75) is 26.2 Å². The molecule has 5 rings (SSSR count). The molecule has 3 heterocycles. The fourth-order valence-electron chi connectivity index (χ4n) is 4.62. The molecule has 4 aromatic rings. The average Bonchev–Trinajstić information content (AvgIpc) is 3.45. The third-order valence-electron chi connectivity index (χ3n) is 6.47. The first-order valence-corrected chi connectivity index (χ1v) is 12.8. The van der Waals surface area contributed by atoms with Gasteiger partial charge in [-0.25, -0.2) is 0 Å². The van der Waals surface area contributed by atoms with Gasteiger partial charge in [-0.1, -0.05) is 48.5 Å². The van der Waals surface area contributed by atoms with E-state index in [4.69, 9.17) is 4.74 Å². The van der Waals surface area contributed by atoms with Crippen LogP contribution in [0, 0.1) is 6.92 Å². The van der Waals surface area contributed by atoms with E-state index in [0.29, 0.717) is 43.3 Å². The monoisotopic (exact) mass is 487 g/mol. The maximum absolute atomic E-state index is 13.5. The third kappa shape index (κ3) is 5.01. The molecule has 0 bridgehead atoms. The van der Waals surface area contributed by atoms with Crippen LogP contribution in [-0.2, 0) is 16.0 Å².